The Kier molecular flexibility index (Phi) is 3.80. The molecule has 0 unspecified atom stereocenters. The molecule has 0 saturated heterocycles. The molecule has 0 saturated carbocycles. The predicted molar refractivity (Wildman–Crippen MR) is 72.0 cm³/mol. The normalized spacial score (nSPS) is 10.3. The largest absolute Gasteiger partial charge is 0.457 e. The maximum atomic E-state index is 13.3. The van der Waals surface area contributed by atoms with E-state index in [9.17, 15) is 14.5 Å². The van der Waals surface area contributed by atoms with Crippen LogP contribution in [0.5, 0.6) is 11.5 Å². The molecule has 0 aliphatic heterocycles. The van der Waals surface area contributed by atoms with Crippen molar-refractivity contribution in [1.29, 1.82) is 0 Å². The molecule has 0 aliphatic rings. The van der Waals surface area contributed by atoms with Crippen molar-refractivity contribution in [3.8, 4) is 11.5 Å². The number of ether oxygens (including phenoxy) is 1. The monoisotopic (exact) mass is 325 g/mol. The zero-order chi connectivity index (χ0) is 14.0. The van der Waals surface area contributed by atoms with Gasteiger partial charge in [-0.2, -0.15) is 0 Å². The molecule has 2 aromatic rings. The van der Waals surface area contributed by atoms with Gasteiger partial charge in [-0.15, -0.1) is 0 Å². The number of aryl methyl sites for hydroxylation is 1. The van der Waals surface area contributed by atoms with E-state index in [-0.39, 0.29) is 5.69 Å². The summed E-state index contributed by atoms with van der Waals surface area (Å²) in [5.41, 5.74) is 0.601. The summed E-state index contributed by atoms with van der Waals surface area (Å²) in [7, 11) is 0. The number of nitro benzene ring substituents is 1. The molecule has 0 bridgehead atoms. The number of benzene rings is 2. The molecule has 6 heteroatoms. The number of rotatable bonds is 3. The second-order valence-electron chi connectivity index (χ2n) is 3.88. The van der Waals surface area contributed by atoms with Gasteiger partial charge in [0.2, 0.25) is 0 Å². The zero-order valence-corrected chi connectivity index (χ0v) is 11.5. The minimum absolute atomic E-state index is 0.00756. The summed E-state index contributed by atoms with van der Waals surface area (Å²) < 4.78 is 19.2. The van der Waals surface area contributed by atoms with Gasteiger partial charge in [0.15, 0.2) is 0 Å². The highest BCUT2D eigenvalue weighted by molar-refractivity contribution is 9.10. The van der Waals surface area contributed by atoms with Gasteiger partial charge in [-0.1, -0.05) is 0 Å². The molecule has 2 aromatic carbocycles. The summed E-state index contributed by atoms with van der Waals surface area (Å²) >= 11 is 3.05. The molecule has 0 amide bonds. The first-order chi connectivity index (χ1) is 8.97. The zero-order valence-electron chi connectivity index (χ0n) is 9.89. The van der Waals surface area contributed by atoms with Crippen LogP contribution in [0.25, 0.3) is 0 Å². The van der Waals surface area contributed by atoms with Crippen LogP contribution in [0.2, 0.25) is 0 Å². The number of halogens is 2. The van der Waals surface area contributed by atoms with E-state index in [0.717, 1.165) is 0 Å². The smallest absolute Gasteiger partial charge is 0.269 e. The maximum Gasteiger partial charge on any atom is 0.269 e. The average Bonchev–Trinajstić information content (AvgIpc) is 2.36. The summed E-state index contributed by atoms with van der Waals surface area (Å²) in [4.78, 5) is 10.1. The van der Waals surface area contributed by atoms with Gasteiger partial charge >= 0.3 is 0 Å². The van der Waals surface area contributed by atoms with Gasteiger partial charge in [-0.05, 0) is 46.6 Å². The van der Waals surface area contributed by atoms with Crippen LogP contribution in [0, 0.1) is 22.9 Å². The lowest BCUT2D eigenvalue weighted by atomic mass is 10.2. The molecule has 0 heterocycles. The standard InChI is InChI=1S/C13H9BrFNO3/c1-8-6-9(16(17)18)2-5-13(8)19-10-3-4-11(14)12(15)7-10/h2-7H,1H3. The topological polar surface area (TPSA) is 52.4 Å². The third-order valence-corrected chi connectivity index (χ3v) is 3.13. The van der Waals surface area contributed by atoms with Gasteiger partial charge in [0.25, 0.3) is 5.69 Å². The molecule has 0 radical (unpaired) electrons. The van der Waals surface area contributed by atoms with Gasteiger partial charge in [0.1, 0.15) is 17.3 Å². The Morgan fingerprint density at radius 3 is 2.58 bits per heavy atom. The van der Waals surface area contributed by atoms with Crippen LogP contribution in [0.4, 0.5) is 10.1 Å². The lowest BCUT2D eigenvalue weighted by Gasteiger charge is -2.08. The lowest BCUT2D eigenvalue weighted by molar-refractivity contribution is -0.384. The first kappa shape index (κ1) is 13.5. The fraction of sp³-hybridized carbons (Fsp3) is 0.0769. The van der Waals surface area contributed by atoms with Crippen molar-refractivity contribution >= 4 is 21.6 Å². The van der Waals surface area contributed by atoms with Crippen molar-refractivity contribution in [2.45, 2.75) is 6.92 Å². The fourth-order valence-electron chi connectivity index (χ4n) is 1.53. The Balaban J connectivity index is 2.28. The average molecular weight is 326 g/mol. The van der Waals surface area contributed by atoms with E-state index in [1.807, 2.05) is 0 Å². The highest BCUT2D eigenvalue weighted by Gasteiger charge is 2.10. The Bertz CT molecular complexity index is 646. The molecular formula is C13H9BrFNO3. The van der Waals surface area contributed by atoms with E-state index < -0.39 is 10.7 Å². The third-order valence-electron chi connectivity index (χ3n) is 2.49. The van der Waals surface area contributed by atoms with Gasteiger partial charge < -0.3 is 4.74 Å². The molecule has 0 N–H and O–H groups in total. The van der Waals surface area contributed by atoms with E-state index in [1.54, 1.807) is 13.0 Å². The molecule has 98 valence electrons. The number of hydrogen-bond donors (Lipinski definition) is 0. The van der Waals surface area contributed by atoms with Crippen molar-refractivity contribution in [2.24, 2.45) is 0 Å². The van der Waals surface area contributed by atoms with Crippen LogP contribution >= 0.6 is 15.9 Å². The highest BCUT2D eigenvalue weighted by atomic mass is 79.9. The van der Waals surface area contributed by atoms with Crippen LogP contribution in [-0.4, -0.2) is 4.92 Å². The minimum atomic E-state index is -0.476. The first-order valence-corrected chi connectivity index (χ1v) is 6.14. The van der Waals surface area contributed by atoms with Crippen molar-refractivity contribution < 1.29 is 14.1 Å². The van der Waals surface area contributed by atoms with Gasteiger partial charge in [0, 0.05) is 18.2 Å². The van der Waals surface area contributed by atoms with E-state index in [1.165, 1.54) is 30.3 Å². The Morgan fingerprint density at radius 1 is 1.26 bits per heavy atom. The van der Waals surface area contributed by atoms with Crippen LogP contribution in [0.1, 0.15) is 5.56 Å². The Hall–Kier alpha value is -1.95. The van der Waals surface area contributed by atoms with Crippen molar-refractivity contribution in [3.63, 3.8) is 0 Å². The molecule has 0 fully saturated rings. The number of non-ortho nitro benzene ring substituents is 1. The van der Waals surface area contributed by atoms with E-state index >= 15 is 0 Å². The van der Waals surface area contributed by atoms with Crippen molar-refractivity contribution in [3.05, 3.63) is 62.4 Å². The molecular weight excluding hydrogens is 317 g/mol. The second-order valence-corrected chi connectivity index (χ2v) is 4.74. The highest BCUT2D eigenvalue weighted by Crippen LogP contribution is 2.29. The maximum absolute atomic E-state index is 13.3. The molecule has 0 spiro atoms. The van der Waals surface area contributed by atoms with Crippen molar-refractivity contribution in [1.82, 2.24) is 0 Å². The van der Waals surface area contributed by atoms with E-state index in [4.69, 9.17) is 4.74 Å². The molecule has 2 rings (SSSR count). The quantitative estimate of drug-likeness (QED) is 0.612. The Labute approximate surface area is 117 Å². The van der Waals surface area contributed by atoms with Crippen LogP contribution in [-0.2, 0) is 0 Å². The van der Waals surface area contributed by atoms with Crippen LogP contribution in [0.3, 0.4) is 0 Å². The number of nitro groups is 1. The summed E-state index contributed by atoms with van der Waals surface area (Å²) in [6, 6.07) is 8.62. The fourth-order valence-corrected chi connectivity index (χ4v) is 1.78. The minimum Gasteiger partial charge on any atom is -0.457 e. The van der Waals surface area contributed by atoms with E-state index in [2.05, 4.69) is 15.9 Å². The van der Waals surface area contributed by atoms with Crippen LogP contribution in [0.15, 0.2) is 40.9 Å². The van der Waals surface area contributed by atoms with Crippen molar-refractivity contribution in [2.75, 3.05) is 0 Å². The third kappa shape index (κ3) is 3.08. The first-order valence-electron chi connectivity index (χ1n) is 5.35. The predicted octanol–water partition coefficient (Wildman–Crippen LogP) is 4.60. The van der Waals surface area contributed by atoms with Crippen LogP contribution < -0.4 is 4.74 Å². The Morgan fingerprint density at radius 2 is 2.00 bits per heavy atom. The summed E-state index contributed by atoms with van der Waals surface area (Å²) in [5, 5.41) is 10.6. The van der Waals surface area contributed by atoms with Gasteiger partial charge in [0.05, 0.1) is 9.40 Å². The molecule has 0 aromatic heterocycles. The summed E-state index contributed by atoms with van der Waals surface area (Å²) in [6.45, 7) is 1.69. The molecule has 19 heavy (non-hydrogen) atoms. The lowest BCUT2D eigenvalue weighted by Crippen LogP contribution is -1.92. The molecule has 0 aliphatic carbocycles. The van der Waals surface area contributed by atoms with Gasteiger partial charge in [-0.25, -0.2) is 4.39 Å². The summed E-state index contributed by atoms with van der Waals surface area (Å²) in [5.74, 6) is 0.349. The molecule has 4 nitrogen and oxygen atoms in total. The summed E-state index contributed by atoms with van der Waals surface area (Å²) in [6.07, 6.45) is 0. The number of hydrogen-bond acceptors (Lipinski definition) is 3. The van der Waals surface area contributed by atoms with Gasteiger partial charge in [-0.3, -0.25) is 10.1 Å². The SMILES string of the molecule is Cc1cc([N+](=O)[O-])ccc1Oc1ccc(Br)c(F)c1. The molecule has 0 atom stereocenters. The van der Waals surface area contributed by atoms with E-state index in [0.29, 0.717) is 21.5 Å². The second kappa shape index (κ2) is 5.36. The number of nitrogens with zero attached hydrogens (tertiary/aromatic N) is 1.